The van der Waals surface area contributed by atoms with Gasteiger partial charge in [-0.3, -0.25) is 9.69 Å². The van der Waals surface area contributed by atoms with E-state index in [1.807, 2.05) is 35.2 Å². The number of rotatable bonds is 6. The summed E-state index contributed by atoms with van der Waals surface area (Å²) in [6.07, 6.45) is -9.27. The molecule has 1 aliphatic heterocycles. The van der Waals surface area contributed by atoms with Gasteiger partial charge < -0.3 is 9.47 Å². The Balaban J connectivity index is 1.91. The fourth-order valence-electron chi connectivity index (χ4n) is 4.26. The fourth-order valence-corrected chi connectivity index (χ4v) is 4.26. The molecule has 1 saturated heterocycles. The Hall–Kier alpha value is -2.59. The molecular weight excluding hydrogens is 464 g/mol. The number of alkyl halides is 6. The monoisotopic (exact) mass is 489 g/mol. The number of methoxy groups -OCH3 is 1. The standard InChI is InChI=1S/C24H25F6NO3/c1-15(22(32)33-2)31-10-6-9-20(21(31)17-7-4-3-5-8-17)34-14-16-11-18(23(25,26)27)13-19(12-16)24(28,29)30/h3-5,7-8,11-13,15,20-21H,6,9-10,14H2,1-2H3. The number of hydrogen-bond donors (Lipinski definition) is 0. The number of carbonyl (C=O) groups excluding carboxylic acids is 1. The lowest BCUT2D eigenvalue weighted by atomic mass is 9.91. The third-order valence-electron chi connectivity index (χ3n) is 5.91. The minimum atomic E-state index is -4.93. The van der Waals surface area contributed by atoms with Crippen molar-refractivity contribution in [1.82, 2.24) is 4.90 Å². The van der Waals surface area contributed by atoms with Crippen LogP contribution in [0.1, 0.15) is 48.1 Å². The molecule has 2 aromatic carbocycles. The van der Waals surface area contributed by atoms with Gasteiger partial charge in [-0.2, -0.15) is 26.3 Å². The number of nitrogens with zero attached hydrogens (tertiary/aromatic N) is 1. The van der Waals surface area contributed by atoms with Gasteiger partial charge in [-0.15, -0.1) is 0 Å². The number of halogens is 6. The van der Waals surface area contributed by atoms with Crippen molar-refractivity contribution in [3.63, 3.8) is 0 Å². The normalized spacial score (nSPS) is 20.7. The molecule has 4 nitrogen and oxygen atoms in total. The second kappa shape index (κ2) is 10.4. The highest BCUT2D eigenvalue weighted by Crippen LogP contribution is 2.38. The van der Waals surface area contributed by atoms with E-state index in [9.17, 15) is 31.1 Å². The highest BCUT2D eigenvalue weighted by Gasteiger charge is 2.39. The van der Waals surface area contributed by atoms with E-state index in [2.05, 4.69) is 0 Å². The molecule has 1 aliphatic rings. The quantitative estimate of drug-likeness (QED) is 0.368. The first-order valence-electron chi connectivity index (χ1n) is 10.7. The van der Waals surface area contributed by atoms with Crippen LogP contribution in [0.25, 0.3) is 0 Å². The second-order valence-corrected chi connectivity index (χ2v) is 8.20. The van der Waals surface area contributed by atoms with Gasteiger partial charge in [-0.25, -0.2) is 0 Å². The first-order valence-corrected chi connectivity index (χ1v) is 10.7. The first-order chi connectivity index (χ1) is 15.9. The average molecular weight is 489 g/mol. The molecule has 0 aliphatic carbocycles. The Kier molecular flexibility index (Phi) is 7.92. The van der Waals surface area contributed by atoms with Crippen molar-refractivity contribution in [3.8, 4) is 0 Å². The van der Waals surface area contributed by atoms with Crippen LogP contribution in [0.5, 0.6) is 0 Å². The van der Waals surface area contributed by atoms with E-state index in [-0.39, 0.29) is 11.6 Å². The zero-order chi connectivity index (χ0) is 25.1. The van der Waals surface area contributed by atoms with Gasteiger partial charge in [-0.1, -0.05) is 30.3 Å². The summed E-state index contributed by atoms with van der Waals surface area (Å²) in [5.41, 5.74) is -2.18. The van der Waals surface area contributed by atoms with E-state index < -0.39 is 54.2 Å². The van der Waals surface area contributed by atoms with E-state index in [1.54, 1.807) is 6.92 Å². The zero-order valence-electron chi connectivity index (χ0n) is 18.6. The number of ether oxygens (including phenoxy) is 2. The highest BCUT2D eigenvalue weighted by molar-refractivity contribution is 5.75. The van der Waals surface area contributed by atoms with Crippen LogP contribution >= 0.6 is 0 Å². The van der Waals surface area contributed by atoms with Crippen LogP contribution in [-0.4, -0.2) is 36.7 Å². The fraction of sp³-hybridized carbons (Fsp3) is 0.458. The lowest BCUT2D eigenvalue weighted by molar-refractivity contribution is -0.151. The molecule has 34 heavy (non-hydrogen) atoms. The first kappa shape index (κ1) is 26.0. The summed E-state index contributed by atoms with van der Waals surface area (Å²) in [4.78, 5) is 14.1. The molecule has 0 spiro atoms. The van der Waals surface area contributed by atoms with Gasteiger partial charge in [0.05, 0.1) is 37.0 Å². The third kappa shape index (κ3) is 6.09. The molecule has 1 heterocycles. The van der Waals surface area contributed by atoms with Crippen LogP contribution in [-0.2, 0) is 33.2 Å². The summed E-state index contributed by atoms with van der Waals surface area (Å²) in [5.74, 6) is -0.450. The maximum absolute atomic E-state index is 13.2. The van der Waals surface area contributed by atoms with Gasteiger partial charge in [0.25, 0.3) is 0 Å². The zero-order valence-corrected chi connectivity index (χ0v) is 18.6. The van der Waals surface area contributed by atoms with Crippen LogP contribution in [0, 0.1) is 0 Å². The van der Waals surface area contributed by atoms with Crippen LogP contribution in [0.2, 0.25) is 0 Å². The lowest BCUT2D eigenvalue weighted by Gasteiger charge is -2.43. The van der Waals surface area contributed by atoms with Crippen molar-refractivity contribution < 1.29 is 40.6 Å². The van der Waals surface area contributed by atoms with Crippen molar-refractivity contribution in [3.05, 3.63) is 70.8 Å². The number of piperidine rings is 1. The molecule has 0 radical (unpaired) electrons. The number of likely N-dealkylation sites (tertiary alicyclic amines) is 1. The Morgan fingerprint density at radius 2 is 1.62 bits per heavy atom. The minimum absolute atomic E-state index is 0.0939. The molecule has 3 rings (SSSR count). The summed E-state index contributed by atoms with van der Waals surface area (Å²) >= 11 is 0. The van der Waals surface area contributed by atoms with Crippen molar-refractivity contribution in [1.29, 1.82) is 0 Å². The Morgan fingerprint density at radius 3 is 2.15 bits per heavy atom. The SMILES string of the molecule is COC(=O)C(C)N1CCCC(OCc2cc(C(F)(F)F)cc(C(F)(F)F)c2)C1c1ccccc1. The van der Waals surface area contributed by atoms with Gasteiger partial charge in [0.2, 0.25) is 0 Å². The maximum Gasteiger partial charge on any atom is 0.416 e. The Labute approximate surface area is 193 Å². The van der Waals surface area contributed by atoms with Crippen LogP contribution < -0.4 is 0 Å². The Bertz CT molecular complexity index is 945. The van der Waals surface area contributed by atoms with Gasteiger partial charge in [-0.05, 0) is 55.6 Å². The lowest BCUT2D eigenvalue weighted by Crippen LogP contribution is -2.50. The van der Waals surface area contributed by atoms with Crippen molar-refractivity contribution in [2.45, 2.75) is 56.9 Å². The smallest absolute Gasteiger partial charge is 0.416 e. The van der Waals surface area contributed by atoms with E-state index in [0.29, 0.717) is 31.5 Å². The number of hydrogen-bond acceptors (Lipinski definition) is 4. The molecule has 2 aromatic rings. The van der Waals surface area contributed by atoms with E-state index in [0.717, 1.165) is 5.56 Å². The number of carbonyl (C=O) groups is 1. The van der Waals surface area contributed by atoms with Gasteiger partial charge in [0.15, 0.2) is 0 Å². The molecule has 0 bridgehead atoms. The summed E-state index contributed by atoms with van der Waals surface area (Å²) < 4.78 is 90.0. The molecule has 0 amide bonds. The molecule has 0 saturated carbocycles. The van der Waals surface area contributed by atoms with E-state index >= 15 is 0 Å². The molecule has 3 unspecified atom stereocenters. The Morgan fingerprint density at radius 1 is 1.03 bits per heavy atom. The van der Waals surface area contributed by atoms with Crippen LogP contribution in [0.4, 0.5) is 26.3 Å². The second-order valence-electron chi connectivity index (χ2n) is 8.20. The van der Waals surface area contributed by atoms with E-state index in [4.69, 9.17) is 9.47 Å². The molecule has 186 valence electrons. The molecule has 0 N–H and O–H groups in total. The molecule has 0 aromatic heterocycles. The van der Waals surface area contributed by atoms with Crippen LogP contribution in [0.3, 0.4) is 0 Å². The summed E-state index contributed by atoms with van der Waals surface area (Å²) in [7, 11) is 1.28. The topological polar surface area (TPSA) is 38.8 Å². The highest BCUT2D eigenvalue weighted by atomic mass is 19.4. The van der Waals surface area contributed by atoms with Crippen molar-refractivity contribution >= 4 is 5.97 Å². The molecule has 1 fully saturated rings. The van der Waals surface area contributed by atoms with Gasteiger partial charge in [0.1, 0.15) is 6.04 Å². The molecule has 10 heteroatoms. The van der Waals surface area contributed by atoms with Crippen LogP contribution in [0.15, 0.2) is 48.5 Å². The largest absolute Gasteiger partial charge is 0.468 e. The maximum atomic E-state index is 13.2. The predicted molar refractivity (Wildman–Crippen MR) is 112 cm³/mol. The summed E-state index contributed by atoms with van der Waals surface area (Å²) in [6.45, 7) is 1.80. The van der Waals surface area contributed by atoms with Gasteiger partial charge >= 0.3 is 18.3 Å². The van der Waals surface area contributed by atoms with Crippen molar-refractivity contribution in [2.75, 3.05) is 13.7 Å². The third-order valence-corrected chi connectivity index (χ3v) is 5.91. The average Bonchev–Trinajstić information content (AvgIpc) is 2.80. The predicted octanol–water partition coefficient (Wildman–Crippen LogP) is 6.01. The minimum Gasteiger partial charge on any atom is -0.468 e. The van der Waals surface area contributed by atoms with Crippen molar-refractivity contribution in [2.24, 2.45) is 0 Å². The number of benzene rings is 2. The number of esters is 1. The summed E-state index contributed by atoms with van der Waals surface area (Å²) in [6, 6.07) is 9.51. The summed E-state index contributed by atoms with van der Waals surface area (Å²) in [5, 5.41) is 0. The van der Waals surface area contributed by atoms with E-state index in [1.165, 1.54) is 7.11 Å². The molecular formula is C24H25F6NO3. The van der Waals surface area contributed by atoms with Gasteiger partial charge in [0, 0.05) is 0 Å². The molecule has 3 atom stereocenters.